The van der Waals surface area contributed by atoms with Crippen LogP contribution in [-0.4, -0.2) is 22.4 Å². The Bertz CT molecular complexity index is 86.9. The number of rotatable bonds is 3. The van der Waals surface area contributed by atoms with Crippen molar-refractivity contribution in [3.8, 4) is 0 Å². The summed E-state index contributed by atoms with van der Waals surface area (Å²) in [4.78, 5) is 0. The third-order valence-electron chi connectivity index (χ3n) is 1.06. The third-order valence-corrected chi connectivity index (χ3v) is 1.06. The molecule has 0 aliphatic rings. The van der Waals surface area contributed by atoms with Gasteiger partial charge in [0.15, 0.2) is 0 Å². The average Bonchev–Trinajstić information content (AvgIpc) is 1.82. The van der Waals surface area contributed by atoms with Gasteiger partial charge in [-0.3, -0.25) is 0 Å². The number of aliphatic hydroxyl groups is 2. The summed E-state index contributed by atoms with van der Waals surface area (Å²) in [5, 5.41) is 17.7. The predicted octanol–water partition coefficient (Wildman–Crippen LogP) is 0.694. The van der Waals surface area contributed by atoms with E-state index in [9.17, 15) is 0 Å². The Kier molecular flexibility index (Phi) is 4.36. The average molecular weight is 130 g/mol. The molecule has 0 spiro atoms. The van der Waals surface area contributed by atoms with Crippen molar-refractivity contribution in [1.29, 1.82) is 0 Å². The summed E-state index contributed by atoms with van der Waals surface area (Å²) in [7, 11) is 0. The van der Waals surface area contributed by atoms with E-state index in [2.05, 4.69) is 0 Å². The Balaban J connectivity index is 3.48. The van der Waals surface area contributed by atoms with Crippen LogP contribution in [0.25, 0.3) is 0 Å². The number of hydrogen-bond acceptors (Lipinski definition) is 2. The fourth-order valence-electron chi connectivity index (χ4n) is 0.436. The van der Waals surface area contributed by atoms with Crippen LogP contribution in [0.4, 0.5) is 0 Å². The Labute approximate surface area is 55.8 Å². The maximum absolute atomic E-state index is 8.92. The first-order valence-electron chi connectivity index (χ1n) is 3.21. The molecule has 54 valence electrons. The number of hydrogen-bond donors (Lipinski definition) is 2. The Hall–Kier alpha value is -0.340. The lowest BCUT2D eigenvalue weighted by Gasteiger charge is -2.06. The quantitative estimate of drug-likeness (QED) is 0.552. The minimum Gasteiger partial charge on any atom is -0.390 e. The first kappa shape index (κ1) is 8.66. The molecule has 2 N–H and O–H groups in total. The second-order valence-electron chi connectivity index (χ2n) is 2.07. The van der Waals surface area contributed by atoms with E-state index in [0.29, 0.717) is 0 Å². The summed E-state index contributed by atoms with van der Waals surface area (Å²) in [5.41, 5.74) is 0. The van der Waals surface area contributed by atoms with Gasteiger partial charge in [-0.15, -0.1) is 0 Å². The van der Waals surface area contributed by atoms with Gasteiger partial charge < -0.3 is 10.2 Å². The highest BCUT2D eigenvalue weighted by Crippen LogP contribution is 1.94. The molecule has 9 heavy (non-hydrogen) atoms. The minimum atomic E-state index is -0.704. The molecule has 0 saturated heterocycles. The second-order valence-corrected chi connectivity index (χ2v) is 2.07. The molecule has 2 nitrogen and oxygen atoms in total. The van der Waals surface area contributed by atoms with Gasteiger partial charge in [0.05, 0.1) is 12.2 Å². The maximum Gasteiger partial charge on any atom is 0.0977 e. The van der Waals surface area contributed by atoms with E-state index < -0.39 is 12.2 Å². The molecule has 0 aliphatic carbocycles. The van der Waals surface area contributed by atoms with E-state index in [0.717, 1.165) is 6.42 Å². The van der Waals surface area contributed by atoms with Crippen molar-refractivity contribution in [2.75, 3.05) is 0 Å². The SMILES string of the molecule is CCC=CC(O)C(C)O. The van der Waals surface area contributed by atoms with Crippen LogP contribution >= 0.6 is 0 Å². The highest BCUT2D eigenvalue weighted by Gasteiger charge is 2.03. The molecule has 0 amide bonds. The molecule has 0 aromatic rings. The molecule has 2 heteroatoms. The van der Waals surface area contributed by atoms with Gasteiger partial charge >= 0.3 is 0 Å². The first-order valence-corrected chi connectivity index (χ1v) is 3.21. The van der Waals surface area contributed by atoms with Crippen molar-refractivity contribution in [1.82, 2.24) is 0 Å². The molecular formula is C7H14O2. The van der Waals surface area contributed by atoms with Gasteiger partial charge in [0.2, 0.25) is 0 Å². The molecule has 2 unspecified atom stereocenters. The molecule has 0 heterocycles. The van der Waals surface area contributed by atoms with Gasteiger partial charge in [0.25, 0.3) is 0 Å². The summed E-state index contributed by atoms with van der Waals surface area (Å²) in [6.07, 6.45) is 2.96. The smallest absolute Gasteiger partial charge is 0.0977 e. The minimum absolute atomic E-state index is 0.659. The molecule has 0 aromatic heterocycles. The molecule has 2 atom stereocenters. The van der Waals surface area contributed by atoms with Crippen molar-refractivity contribution >= 4 is 0 Å². The molecule has 0 aromatic carbocycles. The zero-order valence-corrected chi connectivity index (χ0v) is 5.91. The Morgan fingerprint density at radius 2 is 2.00 bits per heavy atom. The lowest BCUT2D eigenvalue weighted by atomic mass is 10.2. The second kappa shape index (κ2) is 4.53. The van der Waals surface area contributed by atoms with Gasteiger partial charge in [-0.1, -0.05) is 19.1 Å². The fourth-order valence-corrected chi connectivity index (χ4v) is 0.436. The topological polar surface area (TPSA) is 40.5 Å². The van der Waals surface area contributed by atoms with Crippen LogP contribution in [0.2, 0.25) is 0 Å². The summed E-state index contributed by atoms with van der Waals surface area (Å²) < 4.78 is 0. The summed E-state index contributed by atoms with van der Waals surface area (Å²) >= 11 is 0. The van der Waals surface area contributed by atoms with E-state index in [-0.39, 0.29) is 0 Å². The van der Waals surface area contributed by atoms with Crippen LogP contribution in [0.5, 0.6) is 0 Å². The molecule has 0 rings (SSSR count). The number of aliphatic hydroxyl groups excluding tert-OH is 2. The zero-order chi connectivity index (χ0) is 7.28. The maximum atomic E-state index is 8.92. The van der Waals surface area contributed by atoms with Crippen LogP contribution < -0.4 is 0 Å². The van der Waals surface area contributed by atoms with Crippen molar-refractivity contribution in [2.24, 2.45) is 0 Å². The molecule has 0 aliphatic heterocycles. The molecule has 0 radical (unpaired) electrons. The van der Waals surface area contributed by atoms with Crippen molar-refractivity contribution in [2.45, 2.75) is 32.5 Å². The van der Waals surface area contributed by atoms with Crippen LogP contribution in [0.15, 0.2) is 12.2 Å². The lowest BCUT2D eigenvalue weighted by molar-refractivity contribution is 0.0618. The molecular weight excluding hydrogens is 116 g/mol. The fraction of sp³-hybridized carbons (Fsp3) is 0.714. The van der Waals surface area contributed by atoms with E-state index in [1.807, 2.05) is 13.0 Å². The highest BCUT2D eigenvalue weighted by molar-refractivity contribution is 4.89. The van der Waals surface area contributed by atoms with Gasteiger partial charge in [-0.25, -0.2) is 0 Å². The molecule has 0 bridgehead atoms. The van der Waals surface area contributed by atoms with Crippen LogP contribution in [0.1, 0.15) is 20.3 Å². The predicted molar refractivity (Wildman–Crippen MR) is 37.1 cm³/mol. The zero-order valence-electron chi connectivity index (χ0n) is 5.91. The standard InChI is InChI=1S/C7H14O2/c1-3-4-5-7(9)6(2)8/h4-9H,3H2,1-2H3. The summed E-state index contributed by atoms with van der Waals surface area (Å²) in [6.45, 7) is 3.54. The Morgan fingerprint density at radius 3 is 2.33 bits per heavy atom. The highest BCUT2D eigenvalue weighted by atomic mass is 16.3. The van der Waals surface area contributed by atoms with E-state index >= 15 is 0 Å². The molecule has 0 fully saturated rings. The monoisotopic (exact) mass is 130 g/mol. The third kappa shape index (κ3) is 4.18. The van der Waals surface area contributed by atoms with Gasteiger partial charge in [-0.05, 0) is 13.3 Å². The van der Waals surface area contributed by atoms with Gasteiger partial charge in [0.1, 0.15) is 0 Å². The molecule has 0 saturated carbocycles. The van der Waals surface area contributed by atoms with Crippen molar-refractivity contribution in [3.05, 3.63) is 12.2 Å². The van der Waals surface area contributed by atoms with E-state index in [4.69, 9.17) is 10.2 Å². The number of allylic oxidation sites excluding steroid dienone is 1. The van der Waals surface area contributed by atoms with Gasteiger partial charge in [0, 0.05) is 0 Å². The summed E-state index contributed by atoms with van der Waals surface area (Å²) in [5.74, 6) is 0. The van der Waals surface area contributed by atoms with E-state index in [1.165, 1.54) is 0 Å². The lowest BCUT2D eigenvalue weighted by Crippen LogP contribution is -2.19. The largest absolute Gasteiger partial charge is 0.390 e. The van der Waals surface area contributed by atoms with Crippen LogP contribution in [0, 0.1) is 0 Å². The van der Waals surface area contributed by atoms with Crippen molar-refractivity contribution in [3.63, 3.8) is 0 Å². The van der Waals surface area contributed by atoms with Crippen LogP contribution in [0.3, 0.4) is 0 Å². The van der Waals surface area contributed by atoms with Crippen LogP contribution in [-0.2, 0) is 0 Å². The summed E-state index contributed by atoms with van der Waals surface area (Å²) in [6, 6.07) is 0. The van der Waals surface area contributed by atoms with E-state index in [1.54, 1.807) is 13.0 Å². The van der Waals surface area contributed by atoms with Gasteiger partial charge in [-0.2, -0.15) is 0 Å². The Morgan fingerprint density at radius 1 is 1.44 bits per heavy atom. The normalized spacial score (nSPS) is 18.2. The van der Waals surface area contributed by atoms with Crippen molar-refractivity contribution < 1.29 is 10.2 Å². The first-order chi connectivity index (χ1) is 4.18.